The smallest absolute Gasteiger partial charge is 0.237 e. The van der Waals surface area contributed by atoms with Gasteiger partial charge >= 0.3 is 0 Å². The van der Waals surface area contributed by atoms with Crippen LogP contribution in [0.5, 0.6) is 0 Å². The lowest BCUT2D eigenvalue weighted by Gasteiger charge is -2.24. The third-order valence-electron chi connectivity index (χ3n) is 4.55. The standard InChI is InChI=1S/C21H26N4OS/c1-21(2,19-9-6-10-27-19)14-23-20(26)18(22)11-17-13-25(15-24-17)12-16-7-4-3-5-8-16/h3-10,13,15,18H,11-12,14,22H2,1-2H3,(H,23,26)/t18-/m0/s1. The highest BCUT2D eigenvalue weighted by atomic mass is 32.1. The van der Waals surface area contributed by atoms with E-state index in [1.807, 2.05) is 35.0 Å². The van der Waals surface area contributed by atoms with Crippen molar-refractivity contribution in [3.8, 4) is 0 Å². The molecule has 142 valence electrons. The molecule has 1 atom stereocenters. The van der Waals surface area contributed by atoms with Crippen LogP contribution in [0.4, 0.5) is 0 Å². The zero-order valence-corrected chi connectivity index (χ0v) is 16.6. The van der Waals surface area contributed by atoms with Gasteiger partial charge in [-0.05, 0) is 17.0 Å². The fourth-order valence-corrected chi connectivity index (χ4v) is 3.75. The van der Waals surface area contributed by atoms with E-state index in [4.69, 9.17) is 5.73 Å². The van der Waals surface area contributed by atoms with Gasteiger partial charge in [0.2, 0.25) is 5.91 Å². The van der Waals surface area contributed by atoms with Crippen LogP contribution >= 0.6 is 11.3 Å². The molecule has 2 aromatic heterocycles. The monoisotopic (exact) mass is 382 g/mol. The molecular formula is C21H26N4OS. The maximum Gasteiger partial charge on any atom is 0.237 e. The summed E-state index contributed by atoms with van der Waals surface area (Å²) in [6, 6.07) is 13.7. The Kier molecular flexibility index (Phi) is 6.08. The van der Waals surface area contributed by atoms with E-state index in [1.165, 1.54) is 10.4 Å². The summed E-state index contributed by atoms with van der Waals surface area (Å²) in [6.07, 6.45) is 4.16. The Morgan fingerprint density at radius 3 is 2.74 bits per heavy atom. The number of amides is 1. The Labute approximate surface area is 164 Å². The molecule has 3 rings (SSSR count). The molecule has 6 heteroatoms. The Bertz CT molecular complexity index is 855. The number of hydrogen-bond acceptors (Lipinski definition) is 4. The number of benzene rings is 1. The number of aromatic nitrogens is 2. The zero-order chi connectivity index (χ0) is 19.3. The summed E-state index contributed by atoms with van der Waals surface area (Å²) in [7, 11) is 0. The van der Waals surface area contributed by atoms with Gasteiger partial charge in [-0.15, -0.1) is 11.3 Å². The molecule has 27 heavy (non-hydrogen) atoms. The van der Waals surface area contributed by atoms with Crippen LogP contribution in [-0.2, 0) is 23.2 Å². The van der Waals surface area contributed by atoms with Gasteiger partial charge in [0.15, 0.2) is 0 Å². The van der Waals surface area contributed by atoms with Crippen molar-refractivity contribution in [1.82, 2.24) is 14.9 Å². The normalized spacial score (nSPS) is 12.7. The minimum Gasteiger partial charge on any atom is -0.354 e. The van der Waals surface area contributed by atoms with Crippen LogP contribution in [-0.4, -0.2) is 28.0 Å². The molecule has 2 heterocycles. The fourth-order valence-electron chi connectivity index (χ4n) is 2.90. The fraction of sp³-hybridized carbons (Fsp3) is 0.333. The number of thiophene rings is 1. The lowest BCUT2D eigenvalue weighted by atomic mass is 9.91. The number of nitrogens with two attached hydrogens (primary N) is 1. The van der Waals surface area contributed by atoms with E-state index in [9.17, 15) is 4.79 Å². The Hall–Kier alpha value is -2.44. The summed E-state index contributed by atoms with van der Waals surface area (Å²) in [5.41, 5.74) is 8.02. The van der Waals surface area contributed by atoms with Crippen molar-refractivity contribution in [2.24, 2.45) is 5.73 Å². The lowest BCUT2D eigenvalue weighted by Crippen LogP contribution is -2.46. The Morgan fingerprint density at radius 2 is 2.04 bits per heavy atom. The molecular weight excluding hydrogens is 356 g/mol. The summed E-state index contributed by atoms with van der Waals surface area (Å²) in [4.78, 5) is 18.0. The highest BCUT2D eigenvalue weighted by Crippen LogP contribution is 2.26. The number of nitrogens with one attached hydrogen (secondary N) is 1. The van der Waals surface area contributed by atoms with Gasteiger partial charge in [-0.2, -0.15) is 0 Å². The highest BCUT2D eigenvalue weighted by molar-refractivity contribution is 7.10. The van der Waals surface area contributed by atoms with E-state index < -0.39 is 6.04 Å². The topological polar surface area (TPSA) is 72.9 Å². The first-order valence-electron chi connectivity index (χ1n) is 9.06. The molecule has 0 saturated carbocycles. The maximum atomic E-state index is 12.4. The number of rotatable bonds is 8. The van der Waals surface area contributed by atoms with E-state index in [-0.39, 0.29) is 11.3 Å². The first kappa shape index (κ1) is 19.3. The van der Waals surface area contributed by atoms with E-state index in [0.717, 1.165) is 12.2 Å². The largest absolute Gasteiger partial charge is 0.354 e. The summed E-state index contributed by atoms with van der Waals surface area (Å²) >= 11 is 1.70. The molecule has 0 fully saturated rings. The van der Waals surface area contributed by atoms with Crippen molar-refractivity contribution in [1.29, 1.82) is 0 Å². The lowest BCUT2D eigenvalue weighted by molar-refractivity contribution is -0.122. The number of carbonyl (C=O) groups is 1. The minimum atomic E-state index is -0.607. The second-order valence-electron chi connectivity index (χ2n) is 7.41. The molecule has 0 aliphatic heterocycles. The predicted octanol–water partition coefficient (Wildman–Crippen LogP) is 2.96. The second-order valence-corrected chi connectivity index (χ2v) is 8.36. The van der Waals surface area contributed by atoms with Gasteiger partial charge < -0.3 is 15.6 Å². The second kappa shape index (κ2) is 8.50. The van der Waals surface area contributed by atoms with Crippen molar-refractivity contribution in [2.45, 2.75) is 38.3 Å². The molecule has 3 N–H and O–H groups in total. The van der Waals surface area contributed by atoms with E-state index >= 15 is 0 Å². The number of imidazole rings is 1. The summed E-state index contributed by atoms with van der Waals surface area (Å²) < 4.78 is 2.01. The molecule has 0 aliphatic carbocycles. The molecule has 5 nitrogen and oxygen atoms in total. The van der Waals surface area contributed by atoms with Crippen LogP contribution in [0.1, 0.15) is 30.0 Å². The van der Waals surface area contributed by atoms with E-state index in [1.54, 1.807) is 17.7 Å². The van der Waals surface area contributed by atoms with E-state index in [2.05, 4.69) is 47.7 Å². The van der Waals surface area contributed by atoms with Gasteiger partial charge in [-0.1, -0.05) is 50.2 Å². The van der Waals surface area contributed by atoms with E-state index in [0.29, 0.717) is 13.0 Å². The molecule has 0 bridgehead atoms. The first-order valence-corrected chi connectivity index (χ1v) is 9.94. The summed E-state index contributed by atoms with van der Waals surface area (Å²) in [6.45, 7) is 5.55. The summed E-state index contributed by atoms with van der Waals surface area (Å²) in [5.74, 6) is -0.141. The molecule has 0 saturated heterocycles. The van der Waals surface area contributed by atoms with Gasteiger partial charge in [0.1, 0.15) is 0 Å². The highest BCUT2D eigenvalue weighted by Gasteiger charge is 2.24. The zero-order valence-electron chi connectivity index (χ0n) is 15.8. The van der Waals surface area contributed by atoms with Gasteiger partial charge in [0.25, 0.3) is 0 Å². The van der Waals surface area contributed by atoms with Crippen molar-refractivity contribution in [3.63, 3.8) is 0 Å². The molecule has 1 amide bonds. The van der Waals surface area contributed by atoms with Gasteiger partial charge in [0.05, 0.1) is 18.1 Å². The average Bonchev–Trinajstić information content (AvgIpc) is 3.33. The van der Waals surface area contributed by atoms with Crippen LogP contribution in [0.3, 0.4) is 0 Å². The molecule has 1 aromatic carbocycles. The molecule has 0 radical (unpaired) electrons. The Balaban J connectivity index is 1.51. The third-order valence-corrected chi connectivity index (χ3v) is 5.79. The van der Waals surface area contributed by atoms with Gasteiger partial charge in [-0.3, -0.25) is 4.79 Å². The van der Waals surface area contributed by atoms with Crippen LogP contribution in [0.2, 0.25) is 0 Å². The van der Waals surface area contributed by atoms with Crippen LogP contribution in [0.25, 0.3) is 0 Å². The molecule has 0 spiro atoms. The van der Waals surface area contributed by atoms with Gasteiger partial charge in [0, 0.05) is 36.0 Å². The van der Waals surface area contributed by atoms with Gasteiger partial charge in [-0.25, -0.2) is 4.98 Å². The van der Waals surface area contributed by atoms with Crippen molar-refractivity contribution >= 4 is 17.2 Å². The Morgan fingerprint density at radius 1 is 1.26 bits per heavy atom. The molecule has 0 unspecified atom stereocenters. The van der Waals surface area contributed by atoms with Crippen LogP contribution < -0.4 is 11.1 Å². The molecule has 0 aliphatic rings. The molecule has 3 aromatic rings. The minimum absolute atomic E-state index is 0.110. The van der Waals surface area contributed by atoms with Crippen molar-refractivity contribution in [3.05, 3.63) is 76.5 Å². The van der Waals surface area contributed by atoms with Crippen molar-refractivity contribution < 1.29 is 4.79 Å². The predicted molar refractivity (Wildman–Crippen MR) is 110 cm³/mol. The van der Waals surface area contributed by atoms with Crippen LogP contribution in [0.15, 0.2) is 60.4 Å². The first-order chi connectivity index (χ1) is 12.9. The number of carbonyl (C=O) groups excluding carboxylic acids is 1. The average molecular weight is 383 g/mol. The van der Waals surface area contributed by atoms with Crippen molar-refractivity contribution in [2.75, 3.05) is 6.54 Å². The number of nitrogens with zero attached hydrogens (tertiary/aromatic N) is 2. The SMILES string of the molecule is CC(C)(CNC(=O)[C@@H](N)Cc1cn(Cc2ccccc2)cn1)c1cccs1. The van der Waals surface area contributed by atoms with Crippen LogP contribution in [0, 0.1) is 0 Å². The summed E-state index contributed by atoms with van der Waals surface area (Å²) in [5, 5.41) is 5.04. The quantitative estimate of drug-likeness (QED) is 0.629. The third kappa shape index (κ3) is 5.28. The number of hydrogen-bond donors (Lipinski definition) is 2. The maximum absolute atomic E-state index is 12.4.